The molecule has 0 unspecified atom stereocenters. The molecule has 0 aliphatic heterocycles. The lowest BCUT2D eigenvalue weighted by Crippen LogP contribution is -1.84. The third-order valence-corrected chi connectivity index (χ3v) is 4.14. The number of aromatic nitrogens is 2. The van der Waals surface area contributed by atoms with Crippen molar-refractivity contribution < 1.29 is 8.81 Å². The number of rotatable bonds is 3. The van der Waals surface area contributed by atoms with E-state index in [0.717, 1.165) is 12.0 Å². The topological polar surface area (TPSA) is 38.9 Å². The summed E-state index contributed by atoms with van der Waals surface area (Å²) in [5.74, 6) is 0.513. The SMILES string of the molecule is CCc1c(-c2nnc(-c3cccc(F)c3)o2)csc1C. The molecule has 102 valence electrons. The molecule has 20 heavy (non-hydrogen) atoms. The fraction of sp³-hybridized carbons (Fsp3) is 0.200. The van der Waals surface area contributed by atoms with Crippen LogP contribution in [0.2, 0.25) is 0 Å². The van der Waals surface area contributed by atoms with E-state index in [1.165, 1.54) is 22.6 Å². The van der Waals surface area contributed by atoms with Crippen molar-refractivity contribution in [1.82, 2.24) is 10.2 Å². The van der Waals surface area contributed by atoms with Crippen LogP contribution in [0.25, 0.3) is 22.9 Å². The number of halogens is 1. The van der Waals surface area contributed by atoms with Crippen molar-refractivity contribution in [3.63, 3.8) is 0 Å². The molecule has 0 amide bonds. The Bertz CT molecular complexity index is 748. The molecule has 0 radical (unpaired) electrons. The van der Waals surface area contributed by atoms with Gasteiger partial charge in [-0.25, -0.2) is 4.39 Å². The lowest BCUT2D eigenvalue weighted by molar-refractivity contribution is 0.581. The molecule has 3 aromatic rings. The first-order valence-electron chi connectivity index (χ1n) is 6.35. The molecule has 0 saturated heterocycles. The maximum absolute atomic E-state index is 13.2. The minimum Gasteiger partial charge on any atom is -0.416 e. The zero-order chi connectivity index (χ0) is 14.1. The first-order valence-corrected chi connectivity index (χ1v) is 7.23. The lowest BCUT2D eigenvalue weighted by atomic mass is 10.1. The first-order chi connectivity index (χ1) is 9.69. The van der Waals surface area contributed by atoms with Gasteiger partial charge in [-0.05, 0) is 37.1 Å². The minimum atomic E-state index is -0.317. The van der Waals surface area contributed by atoms with Crippen LogP contribution >= 0.6 is 11.3 Å². The van der Waals surface area contributed by atoms with Crippen LogP contribution in [0.5, 0.6) is 0 Å². The van der Waals surface area contributed by atoms with E-state index >= 15 is 0 Å². The maximum atomic E-state index is 13.2. The van der Waals surface area contributed by atoms with Crippen molar-refractivity contribution in [3.8, 4) is 22.9 Å². The number of nitrogens with zero attached hydrogens (tertiary/aromatic N) is 2. The average Bonchev–Trinajstić information content (AvgIpc) is 3.04. The lowest BCUT2D eigenvalue weighted by Gasteiger charge is -1.98. The van der Waals surface area contributed by atoms with E-state index in [2.05, 4.69) is 24.0 Å². The van der Waals surface area contributed by atoms with Crippen LogP contribution in [-0.4, -0.2) is 10.2 Å². The summed E-state index contributed by atoms with van der Waals surface area (Å²) in [7, 11) is 0. The van der Waals surface area contributed by atoms with Crippen molar-refractivity contribution in [2.45, 2.75) is 20.3 Å². The third-order valence-electron chi connectivity index (χ3n) is 3.18. The molecule has 0 N–H and O–H groups in total. The summed E-state index contributed by atoms with van der Waals surface area (Å²) in [5, 5.41) is 10.1. The van der Waals surface area contributed by atoms with Crippen LogP contribution in [0.1, 0.15) is 17.4 Å². The Hall–Kier alpha value is -2.01. The van der Waals surface area contributed by atoms with E-state index in [0.29, 0.717) is 17.3 Å². The van der Waals surface area contributed by atoms with Crippen LogP contribution < -0.4 is 0 Å². The molecule has 1 aromatic carbocycles. The van der Waals surface area contributed by atoms with Crippen LogP contribution in [0, 0.1) is 12.7 Å². The highest BCUT2D eigenvalue weighted by atomic mass is 32.1. The summed E-state index contributed by atoms with van der Waals surface area (Å²) in [6, 6.07) is 6.15. The Morgan fingerprint density at radius 2 is 2.05 bits per heavy atom. The van der Waals surface area contributed by atoms with Gasteiger partial charge in [-0.2, -0.15) is 0 Å². The summed E-state index contributed by atoms with van der Waals surface area (Å²) in [6.07, 6.45) is 0.919. The smallest absolute Gasteiger partial charge is 0.249 e. The van der Waals surface area contributed by atoms with Crippen LogP contribution in [0.15, 0.2) is 34.1 Å². The van der Waals surface area contributed by atoms with Gasteiger partial charge < -0.3 is 4.42 Å². The van der Waals surface area contributed by atoms with Gasteiger partial charge in [-0.1, -0.05) is 13.0 Å². The predicted octanol–water partition coefficient (Wildman–Crippen LogP) is 4.48. The van der Waals surface area contributed by atoms with Crippen molar-refractivity contribution in [2.24, 2.45) is 0 Å². The van der Waals surface area contributed by atoms with E-state index in [1.54, 1.807) is 23.5 Å². The summed E-state index contributed by atoms with van der Waals surface area (Å²) < 4.78 is 18.9. The summed E-state index contributed by atoms with van der Waals surface area (Å²) in [5.41, 5.74) is 2.79. The zero-order valence-corrected chi connectivity index (χ0v) is 12.0. The van der Waals surface area contributed by atoms with Gasteiger partial charge in [0.25, 0.3) is 0 Å². The summed E-state index contributed by atoms with van der Waals surface area (Å²) in [6.45, 7) is 4.18. The Morgan fingerprint density at radius 3 is 2.80 bits per heavy atom. The molecule has 3 rings (SSSR count). The van der Waals surface area contributed by atoms with Crippen molar-refractivity contribution >= 4 is 11.3 Å². The molecule has 2 heterocycles. The number of aryl methyl sites for hydroxylation is 1. The molecule has 3 nitrogen and oxygen atoms in total. The van der Waals surface area contributed by atoms with Gasteiger partial charge in [-0.15, -0.1) is 21.5 Å². The van der Waals surface area contributed by atoms with E-state index in [9.17, 15) is 4.39 Å². The summed E-state index contributed by atoms with van der Waals surface area (Å²) in [4.78, 5) is 1.26. The highest BCUT2D eigenvalue weighted by Gasteiger charge is 2.16. The molecule has 2 aromatic heterocycles. The number of hydrogen-bond acceptors (Lipinski definition) is 4. The quantitative estimate of drug-likeness (QED) is 0.713. The van der Waals surface area contributed by atoms with Gasteiger partial charge in [0.05, 0.1) is 5.56 Å². The predicted molar refractivity (Wildman–Crippen MR) is 77.1 cm³/mol. The highest BCUT2D eigenvalue weighted by molar-refractivity contribution is 7.10. The molecule has 0 fully saturated rings. The molecular formula is C15H13FN2OS. The average molecular weight is 288 g/mol. The molecule has 0 bridgehead atoms. The molecule has 5 heteroatoms. The van der Waals surface area contributed by atoms with E-state index < -0.39 is 0 Å². The zero-order valence-electron chi connectivity index (χ0n) is 11.2. The molecule has 0 spiro atoms. The second-order valence-electron chi connectivity index (χ2n) is 4.46. The summed E-state index contributed by atoms with van der Waals surface area (Å²) >= 11 is 1.67. The van der Waals surface area contributed by atoms with Gasteiger partial charge in [0.2, 0.25) is 11.8 Å². The molecule has 0 saturated carbocycles. The second kappa shape index (κ2) is 5.17. The van der Waals surface area contributed by atoms with E-state index in [-0.39, 0.29) is 5.82 Å². The Morgan fingerprint density at radius 1 is 1.25 bits per heavy atom. The third kappa shape index (κ3) is 2.25. The molecule has 0 atom stereocenters. The Balaban J connectivity index is 2.02. The normalized spacial score (nSPS) is 10.9. The molecule has 0 aliphatic carbocycles. The minimum absolute atomic E-state index is 0.317. The van der Waals surface area contributed by atoms with Crippen molar-refractivity contribution in [1.29, 1.82) is 0 Å². The molecular weight excluding hydrogens is 275 g/mol. The number of thiophene rings is 1. The Labute approximate surface area is 120 Å². The van der Waals surface area contributed by atoms with Crippen molar-refractivity contribution in [3.05, 3.63) is 45.9 Å². The Kier molecular flexibility index (Phi) is 3.36. The largest absolute Gasteiger partial charge is 0.416 e. The van der Waals surface area contributed by atoms with E-state index in [1.807, 2.05) is 5.38 Å². The number of benzene rings is 1. The number of hydrogen-bond donors (Lipinski definition) is 0. The van der Waals surface area contributed by atoms with Gasteiger partial charge in [0.15, 0.2) is 0 Å². The maximum Gasteiger partial charge on any atom is 0.249 e. The highest BCUT2D eigenvalue weighted by Crippen LogP contribution is 2.32. The standard InChI is InChI=1S/C15H13FN2OS/c1-3-12-9(2)20-8-13(12)15-18-17-14(19-15)10-5-4-6-11(16)7-10/h4-8H,3H2,1-2H3. The van der Waals surface area contributed by atoms with Gasteiger partial charge >= 0.3 is 0 Å². The second-order valence-corrected chi connectivity index (χ2v) is 5.54. The first kappa shape index (κ1) is 13.0. The van der Waals surface area contributed by atoms with E-state index in [4.69, 9.17) is 4.42 Å². The van der Waals surface area contributed by atoms with Gasteiger partial charge in [0, 0.05) is 15.8 Å². The van der Waals surface area contributed by atoms with Crippen LogP contribution in [0.4, 0.5) is 4.39 Å². The van der Waals surface area contributed by atoms with Gasteiger partial charge in [-0.3, -0.25) is 0 Å². The fourth-order valence-corrected chi connectivity index (χ4v) is 3.10. The molecule has 0 aliphatic rings. The monoisotopic (exact) mass is 288 g/mol. The van der Waals surface area contributed by atoms with Crippen LogP contribution in [0.3, 0.4) is 0 Å². The van der Waals surface area contributed by atoms with Gasteiger partial charge in [0.1, 0.15) is 5.82 Å². The van der Waals surface area contributed by atoms with Crippen LogP contribution in [-0.2, 0) is 6.42 Å². The fourth-order valence-electron chi connectivity index (χ4n) is 2.17. The van der Waals surface area contributed by atoms with Crippen molar-refractivity contribution in [2.75, 3.05) is 0 Å².